The molecule has 0 saturated carbocycles. The van der Waals surface area contributed by atoms with Gasteiger partial charge in [0, 0.05) is 0 Å². The van der Waals surface area contributed by atoms with Gasteiger partial charge in [0.1, 0.15) is 0 Å². The number of thioether (sulfide) groups is 1. The topological polar surface area (TPSA) is 56.4 Å². The summed E-state index contributed by atoms with van der Waals surface area (Å²) in [7, 11) is 0. The predicted octanol–water partition coefficient (Wildman–Crippen LogP) is 8.43. The number of hydrogen-bond acceptors (Lipinski definition) is 1. The quantitative estimate of drug-likeness (QED) is 0.193. The SMILES string of the molecule is CSC.Cc1ccc2[n-]c(-c3cc4ccccc4[n-]3)cc2c1.[Zr+4].c1ccc2[n-]c(-c3cc4ccccc4[n-]3)cc2c1. The van der Waals surface area contributed by atoms with Crippen molar-refractivity contribution in [1.29, 1.82) is 0 Å². The molecule has 0 unspecified atom stereocenters. The maximum absolute atomic E-state index is 4.66. The van der Waals surface area contributed by atoms with Gasteiger partial charge < -0.3 is 19.9 Å². The van der Waals surface area contributed by atoms with E-state index in [4.69, 9.17) is 0 Å². The fourth-order valence-corrected chi connectivity index (χ4v) is 4.79. The first-order valence-corrected chi connectivity index (χ1v) is 14.8. The molecule has 6 heteroatoms. The van der Waals surface area contributed by atoms with E-state index in [2.05, 4.69) is 87.5 Å². The summed E-state index contributed by atoms with van der Waals surface area (Å²) in [6, 6.07) is 39.2. The number of rotatable bonds is 2. The van der Waals surface area contributed by atoms with E-state index in [1.54, 1.807) is 11.8 Å². The molecule has 198 valence electrons. The molecule has 41 heavy (non-hydrogen) atoms. The number of hydrogen-bond donors (Lipinski definition) is 0. The van der Waals surface area contributed by atoms with Crippen molar-refractivity contribution in [3.8, 4) is 22.8 Å². The Morgan fingerprint density at radius 1 is 0.415 bits per heavy atom. The second-order valence-electron chi connectivity index (χ2n) is 9.71. The van der Waals surface area contributed by atoms with Crippen LogP contribution >= 0.6 is 11.8 Å². The standard InChI is InChI=1S/C17H12N2.C16H10N2.C2H6S.Zr/c1-11-6-7-15-13(8-11)10-17(19-15)16-9-12-4-2-3-5-14(12)18-16;1-3-7-13-11(5-1)9-15(17-13)16-10-12-6-2-4-8-14(12)18-16;1-3-2;/h2-10H,1H3;1-10H;1-2H3;/q2*-2;;+4. The normalized spacial score (nSPS) is 10.7. The average molecular weight is 628 g/mol. The number of nitrogens with zero attached hydrogens (tertiary/aromatic N) is 4. The van der Waals surface area contributed by atoms with Crippen molar-refractivity contribution in [2.24, 2.45) is 0 Å². The zero-order valence-corrected chi connectivity index (χ0v) is 26.4. The molecule has 0 saturated heterocycles. The minimum atomic E-state index is 0. The largest absolute Gasteiger partial charge is 4.00 e. The number of benzene rings is 4. The van der Waals surface area contributed by atoms with Crippen LogP contribution < -0.4 is 19.9 Å². The van der Waals surface area contributed by atoms with Gasteiger partial charge in [-0.2, -0.15) is 34.5 Å². The predicted molar refractivity (Wildman–Crippen MR) is 171 cm³/mol. The molecule has 4 nitrogen and oxygen atoms in total. The molecule has 8 rings (SSSR count). The Morgan fingerprint density at radius 3 is 1.10 bits per heavy atom. The van der Waals surface area contributed by atoms with Crippen LogP contribution in [0.5, 0.6) is 0 Å². The molecular formula is C35H28N4SZr. The van der Waals surface area contributed by atoms with Crippen LogP contribution in [0.2, 0.25) is 0 Å². The summed E-state index contributed by atoms with van der Waals surface area (Å²) < 4.78 is 0. The summed E-state index contributed by atoms with van der Waals surface area (Å²) >= 11 is 1.75. The van der Waals surface area contributed by atoms with E-state index in [1.807, 2.05) is 67.1 Å². The molecule has 0 fully saturated rings. The van der Waals surface area contributed by atoms with Crippen molar-refractivity contribution in [1.82, 2.24) is 19.9 Å². The zero-order valence-electron chi connectivity index (χ0n) is 23.2. The third-order valence-corrected chi connectivity index (χ3v) is 6.65. The van der Waals surface area contributed by atoms with Crippen LogP contribution in [0.1, 0.15) is 5.56 Å². The van der Waals surface area contributed by atoms with Crippen LogP contribution in [0.4, 0.5) is 0 Å². The number of fused-ring (bicyclic) bond motifs is 4. The molecule has 0 N–H and O–H groups in total. The van der Waals surface area contributed by atoms with Gasteiger partial charge in [-0.05, 0) is 41.0 Å². The third-order valence-electron chi connectivity index (χ3n) is 6.65. The first-order chi connectivity index (χ1) is 19.6. The molecule has 4 aromatic carbocycles. The van der Waals surface area contributed by atoms with Crippen molar-refractivity contribution in [2.75, 3.05) is 12.5 Å². The molecule has 0 spiro atoms. The molecular weight excluding hydrogens is 600 g/mol. The van der Waals surface area contributed by atoms with Crippen LogP contribution in [0.3, 0.4) is 0 Å². The van der Waals surface area contributed by atoms with Gasteiger partial charge in [0.15, 0.2) is 0 Å². The van der Waals surface area contributed by atoms with Gasteiger partial charge in [0.2, 0.25) is 0 Å². The first-order valence-electron chi connectivity index (χ1n) is 13.1. The smallest absolute Gasteiger partial charge is 0.658 e. The van der Waals surface area contributed by atoms with Crippen LogP contribution in [0, 0.1) is 6.92 Å². The third kappa shape index (κ3) is 6.29. The van der Waals surface area contributed by atoms with Gasteiger partial charge >= 0.3 is 26.2 Å². The molecule has 0 bridgehead atoms. The fourth-order valence-electron chi connectivity index (χ4n) is 4.79. The van der Waals surface area contributed by atoms with Crippen molar-refractivity contribution >= 4 is 55.4 Å². The minimum absolute atomic E-state index is 0. The van der Waals surface area contributed by atoms with Crippen molar-refractivity contribution in [2.45, 2.75) is 6.92 Å². The zero-order chi connectivity index (χ0) is 27.5. The summed E-state index contributed by atoms with van der Waals surface area (Å²) in [5, 5.41) is 4.68. The second kappa shape index (κ2) is 12.8. The molecule has 8 aromatic rings. The van der Waals surface area contributed by atoms with E-state index in [9.17, 15) is 0 Å². The van der Waals surface area contributed by atoms with Crippen molar-refractivity contribution in [3.05, 3.63) is 121 Å². The van der Waals surface area contributed by atoms with Gasteiger partial charge in [-0.3, -0.25) is 0 Å². The van der Waals surface area contributed by atoms with Gasteiger partial charge in [-0.15, -0.1) is 22.1 Å². The average Bonchev–Trinajstić information content (AvgIpc) is 3.76. The molecule has 4 heterocycles. The van der Waals surface area contributed by atoms with E-state index in [-0.39, 0.29) is 26.2 Å². The van der Waals surface area contributed by atoms with Crippen LogP contribution in [0.25, 0.3) is 66.4 Å². The number of aromatic nitrogens is 4. The Balaban J connectivity index is 0.000000147. The second-order valence-corrected chi connectivity index (χ2v) is 10.5. The Labute approximate surface area is 263 Å². The number of para-hydroxylation sites is 3. The van der Waals surface area contributed by atoms with E-state index >= 15 is 0 Å². The molecule has 0 aliphatic carbocycles. The molecule has 0 radical (unpaired) electrons. The maximum atomic E-state index is 4.66. The first kappa shape index (κ1) is 28.8. The monoisotopic (exact) mass is 626 g/mol. The van der Waals surface area contributed by atoms with Crippen LogP contribution in [-0.2, 0) is 26.2 Å². The van der Waals surface area contributed by atoms with Crippen LogP contribution in [-0.4, -0.2) is 12.5 Å². The minimum Gasteiger partial charge on any atom is -0.658 e. The molecule has 0 amide bonds. The van der Waals surface area contributed by atoms with E-state index in [0.29, 0.717) is 0 Å². The summed E-state index contributed by atoms with van der Waals surface area (Å²) in [5.74, 6) is 0. The van der Waals surface area contributed by atoms with Gasteiger partial charge in [-0.1, -0.05) is 121 Å². The van der Waals surface area contributed by atoms with E-state index in [1.165, 1.54) is 27.1 Å². The van der Waals surface area contributed by atoms with Crippen molar-refractivity contribution < 1.29 is 26.2 Å². The Bertz CT molecular complexity index is 1870. The van der Waals surface area contributed by atoms with Gasteiger partial charge in [-0.25, -0.2) is 0 Å². The summed E-state index contributed by atoms with van der Waals surface area (Å²) in [4.78, 5) is 18.5. The molecule has 0 atom stereocenters. The molecule has 0 aliphatic heterocycles. The maximum Gasteiger partial charge on any atom is 4.00 e. The van der Waals surface area contributed by atoms with Crippen LogP contribution in [0.15, 0.2) is 115 Å². The summed E-state index contributed by atoms with van der Waals surface area (Å²) in [6.07, 6.45) is 4.08. The van der Waals surface area contributed by atoms with Gasteiger partial charge in [0.25, 0.3) is 0 Å². The summed E-state index contributed by atoms with van der Waals surface area (Å²) in [5.41, 5.74) is 9.19. The van der Waals surface area contributed by atoms with Crippen molar-refractivity contribution in [3.63, 3.8) is 0 Å². The Hall–Kier alpha value is -3.73. The van der Waals surface area contributed by atoms with E-state index in [0.717, 1.165) is 44.8 Å². The Morgan fingerprint density at radius 2 is 0.732 bits per heavy atom. The summed E-state index contributed by atoms with van der Waals surface area (Å²) in [6.45, 7) is 2.10. The molecule has 4 aromatic heterocycles. The molecule has 0 aliphatic rings. The fraction of sp³-hybridized carbons (Fsp3) is 0.0857. The Kier molecular flexibility index (Phi) is 9.02. The van der Waals surface area contributed by atoms with Gasteiger partial charge in [0.05, 0.1) is 0 Å². The van der Waals surface area contributed by atoms with E-state index < -0.39 is 0 Å². The number of aryl methyl sites for hydroxylation is 1.